The van der Waals surface area contributed by atoms with Crippen LogP contribution >= 0.6 is 0 Å². The van der Waals surface area contributed by atoms with Crippen molar-refractivity contribution in [1.82, 2.24) is 0 Å². The van der Waals surface area contributed by atoms with Crippen molar-refractivity contribution in [3.05, 3.63) is 24.3 Å². The summed E-state index contributed by atoms with van der Waals surface area (Å²) in [7, 11) is 0. The summed E-state index contributed by atoms with van der Waals surface area (Å²) in [5.41, 5.74) is -0.200. The van der Waals surface area contributed by atoms with Crippen molar-refractivity contribution >= 4 is 0 Å². The molecule has 2 rings (SSSR count). The monoisotopic (exact) mass is 164 g/mol. The van der Waals surface area contributed by atoms with Gasteiger partial charge >= 0.3 is 0 Å². The van der Waals surface area contributed by atoms with Crippen molar-refractivity contribution in [3.8, 4) is 11.5 Å². The number of benzene rings is 1. The highest BCUT2D eigenvalue weighted by Gasteiger charge is 2.27. The van der Waals surface area contributed by atoms with Gasteiger partial charge in [0.05, 0.1) is 0 Å². The van der Waals surface area contributed by atoms with Gasteiger partial charge in [0.1, 0.15) is 12.2 Å². The van der Waals surface area contributed by atoms with Gasteiger partial charge < -0.3 is 9.47 Å². The average Bonchev–Trinajstić information content (AvgIpc) is 2.02. The molecule has 2 nitrogen and oxygen atoms in total. The topological polar surface area (TPSA) is 18.5 Å². The van der Waals surface area contributed by atoms with Gasteiger partial charge in [-0.3, -0.25) is 0 Å². The molecule has 1 aromatic carbocycles. The summed E-state index contributed by atoms with van der Waals surface area (Å²) >= 11 is 0. The Hall–Kier alpha value is -1.18. The molecule has 0 saturated heterocycles. The number of hydrogen-bond acceptors (Lipinski definition) is 2. The molecule has 0 aromatic heterocycles. The van der Waals surface area contributed by atoms with Crippen molar-refractivity contribution in [1.29, 1.82) is 0 Å². The van der Waals surface area contributed by atoms with Gasteiger partial charge in [-0.25, -0.2) is 0 Å². The Kier molecular flexibility index (Phi) is 1.50. The fourth-order valence-electron chi connectivity index (χ4n) is 1.23. The van der Waals surface area contributed by atoms with Gasteiger partial charge in [-0.05, 0) is 26.0 Å². The van der Waals surface area contributed by atoms with Crippen molar-refractivity contribution in [2.75, 3.05) is 6.61 Å². The summed E-state index contributed by atoms with van der Waals surface area (Å²) in [6, 6.07) is 7.74. The zero-order valence-electron chi connectivity index (χ0n) is 7.33. The van der Waals surface area contributed by atoms with E-state index in [0.29, 0.717) is 6.61 Å². The van der Waals surface area contributed by atoms with Gasteiger partial charge in [-0.1, -0.05) is 12.1 Å². The molecule has 0 radical (unpaired) electrons. The number of para-hydroxylation sites is 2. The molecule has 12 heavy (non-hydrogen) atoms. The first-order valence-corrected chi connectivity index (χ1v) is 4.08. The smallest absolute Gasteiger partial charge is 0.162 e. The third kappa shape index (κ3) is 1.24. The lowest BCUT2D eigenvalue weighted by atomic mass is 10.1. The van der Waals surface area contributed by atoms with E-state index in [0.717, 1.165) is 11.5 Å². The van der Waals surface area contributed by atoms with Crippen molar-refractivity contribution in [2.45, 2.75) is 19.4 Å². The lowest BCUT2D eigenvalue weighted by Gasteiger charge is -2.32. The Morgan fingerprint density at radius 1 is 1.17 bits per heavy atom. The van der Waals surface area contributed by atoms with Gasteiger partial charge in [0, 0.05) is 0 Å². The summed E-state index contributed by atoms with van der Waals surface area (Å²) in [5, 5.41) is 0. The highest BCUT2D eigenvalue weighted by Crippen LogP contribution is 2.34. The Labute approximate surface area is 72.1 Å². The van der Waals surface area contributed by atoms with Crippen molar-refractivity contribution < 1.29 is 9.47 Å². The second-order valence-corrected chi connectivity index (χ2v) is 3.60. The van der Waals surface area contributed by atoms with Gasteiger partial charge in [-0.2, -0.15) is 0 Å². The molecule has 0 fully saturated rings. The Morgan fingerprint density at radius 3 is 2.58 bits per heavy atom. The van der Waals surface area contributed by atoms with Crippen LogP contribution in [0.3, 0.4) is 0 Å². The maximum Gasteiger partial charge on any atom is 0.162 e. The zero-order valence-corrected chi connectivity index (χ0v) is 7.33. The molecule has 2 heteroatoms. The standard InChI is InChI=1S/C10H12O2/c1-10(2)7-11-8-5-3-4-6-9(8)12-10/h3-6H,7H2,1-2H3. The first-order chi connectivity index (χ1) is 5.67. The van der Waals surface area contributed by atoms with E-state index >= 15 is 0 Å². The van der Waals surface area contributed by atoms with Crippen LogP contribution in [0.25, 0.3) is 0 Å². The summed E-state index contributed by atoms with van der Waals surface area (Å²) in [6.07, 6.45) is 0. The third-order valence-electron chi connectivity index (χ3n) is 1.81. The number of hydrogen-bond donors (Lipinski definition) is 0. The Bertz CT molecular complexity index is 292. The highest BCUT2D eigenvalue weighted by molar-refractivity contribution is 5.41. The maximum atomic E-state index is 5.69. The predicted octanol–water partition coefficient (Wildman–Crippen LogP) is 2.24. The molecule has 0 atom stereocenters. The van der Waals surface area contributed by atoms with E-state index in [-0.39, 0.29) is 5.60 Å². The quantitative estimate of drug-likeness (QED) is 0.585. The zero-order chi connectivity index (χ0) is 8.60. The molecular formula is C10H12O2. The van der Waals surface area contributed by atoms with Crippen LogP contribution in [0, 0.1) is 0 Å². The maximum absolute atomic E-state index is 5.69. The van der Waals surface area contributed by atoms with Crippen LogP contribution < -0.4 is 9.47 Å². The Morgan fingerprint density at radius 2 is 1.83 bits per heavy atom. The third-order valence-corrected chi connectivity index (χ3v) is 1.81. The van der Waals surface area contributed by atoms with Crippen molar-refractivity contribution in [2.24, 2.45) is 0 Å². The van der Waals surface area contributed by atoms with Crippen LogP contribution in [0.1, 0.15) is 13.8 Å². The fourth-order valence-corrected chi connectivity index (χ4v) is 1.23. The average molecular weight is 164 g/mol. The molecular weight excluding hydrogens is 152 g/mol. The van der Waals surface area contributed by atoms with Crippen LogP contribution in [-0.2, 0) is 0 Å². The number of fused-ring (bicyclic) bond motifs is 1. The highest BCUT2D eigenvalue weighted by atomic mass is 16.6. The molecule has 0 saturated carbocycles. The lowest BCUT2D eigenvalue weighted by Crippen LogP contribution is -2.38. The second-order valence-electron chi connectivity index (χ2n) is 3.60. The molecule has 1 heterocycles. The van der Waals surface area contributed by atoms with Gasteiger partial charge in [0.2, 0.25) is 0 Å². The van der Waals surface area contributed by atoms with Gasteiger partial charge in [-0.15, -0.1) is 0 Å². The number of ether oxygens (including phenoxy) is 2. The molecule has 0 N–H and O–H groups in total. The summed E-state index contributed by atoms with van der Waals surface area (Å²) in [4.78, 5) is 0. The number of rotatable bonds is 0. The lowest BCUT2D eigenvalue weighted by molar-refractivity contribution is 0.0213. The van der Waals surface area contributed by atoms with Gasteiger partial charge in [0.15, 0.2) is 11.5 Å². The molecule has 0 unspecified atom stereocenters. The fraction of sp³-hybridized carbons (Fsp3) is 0.400. The van der Waals surface area contributed by atoms with Crippen LogP contribution in [0.2, 0.25) is 0 Å². The first kappa shape index (κ1) is 7.47. The SMILES string of the molecule is CC1(C)COc2ccccc2O1. The molecule has 64 valence electrons. The summed E-state index contributed by atoms with van der Waals surface area (Å²) < 4.78 is 11.2. The Balaban J connectivity index is 2.35. The minimum Gasteiger partial charge on any atom is -0.486 e. The molecule has 1 aliphatic heterocycles. The normalized spacial score (nSPS) is 18.8. The molecule has 1 aromatic rings. The van der Waals surface area contributed by atoms with Crippen LogP contribution in [0.15, 0.2) is 24.3 Å². The minimum absolute atomic E-state index is 0.200. The minimum atomic E-state index is -0.200. The summed E-state index contributed by atoms with van der Waals surface area (Å²) in [5.74, 6) is 1.69. The van der Waals surface area contributed by atoms with E-state index in [4.69, 9.17) is 9.47 Å². The predicted molar refractivity (Wildman–Crippen MR) is 46.6 cm³/mol. The van der Waals surface area contributed by atoms with Crippen LogP contribution in [0.5, 0.6) is 11.5 Å². The van der Waals surface area contributed by atoms with Crippen LogP contribution in [-0.4, -0.2) is 12.2 Å². The molecule has 0 spiro atoms. The van der Waals surface area contributed by atoms with E-state index in [9.17, 15) is 0 Å². The van der Waals surface area contributed by atoms with Crippen molar-refractivity contribution in [3.63, 3.8) is 0 Å². The van der Waals surface area contributed by atoms with E-state index in [2.05, 4.69) is 0 Å². The molecule has 1 aliphatic rings. The van der Waals surface area contributed by atoms with E-state index in [1.807, 2.05) is 38.1 Å². The van der Waals surface area contributed by atoms with E-state index in [1.165, 1.54) is 0 Å². The first-order valence-electron chi connectivity index (χ1n) is 4.08. The van der Waals surface area contributed by atoms with Crippen LogP contribution in [0.4, 0.5) is 0 Å². The van der Waals surface area contributed by atoms with E-state index in [1.54, 1.807) is 0 Å². The molecule has 0 bridgehead atoms. The summed E-state index contributed by atoms with van der Waals surface area (Å²) in [6.45, 7) is 4.65. The van der Waals surface area contributed by atoms with E-state index < -0.39 is 0 Å². The molecule has 0 amide bonds. The largest absolute Gasteiger partial charge is 0.486 e. The second kappa shape index (κ2) is 2.41. The molecule has 0 aliphatic carbocycles. The van der Waals surface area contributed by atoms with Gasteiger partial charge in [0.25, 0.3) is 0 Å².